The average molecular weight is 477 g/mol. The number of nitro groups is 1. The number of rotatable bonds is 7. The van der Waals surface area contributed by atoms with E-state index in [1.54, 1.807) is 42.5 Å². The second-order valence-corrected chi connectivity index (χ2v) is 10.1. The lowest BCUT2D eigenvalue weighted by Crippen LogP contribution is -2.31. The maximum absolute atomic E-state index is 13.0. The third-order valence-electron chi connectivity index (χ3n) is 4.73. The summed E-state index contributed by atoms with van der Waals surface area (Å²) in [5, 5.41) is 11.6. The van der Waals surface area contributed by atoms with Crippen molar-refractivity contribution in [3.05, 3.63) is 93.0 Å². The molecule has 3 aromatic carbocycles. The van der Waals surface area contributed by atoms with Crippen LogP contribution in [0.2, 0.25) is 5.02 Å². The van der Waals surface area contributed by atoms with Gasteiger partial charge in [-0.3, -0.25) is 14.8 Å². The Bertz CT molecular complexity index is 1230. The Morgan fingerprint density at radius 1 is 1.13 bits per heavy atom. The van der Waals surface area contributed by atoms with Gasteiger partial charge in [0.25, 0.3) is 15.7 Å². The molecule has 1 heterocycles. The molecule has 0 radical (unpaired) electrons. The number of nitrogens with zero attached hydrogens (tertiary/aromatic N) is 1. The van der Waals surface area contributed by atoms with Crippen LogP contribution in [0.3, 0.4) is 0 Å². The van der Waals surface area contributed by atoms with Crippen LogP contribution in [0.5, 0.6) is 5.75 Å². The quantitative estimate of drug-likeness (QED) is 0.284. The number of hydrogen-bond donors (Lipinski definition) is 1. The summed E-state index contributed by atoms with van der Waals surface area (Å²) in [5.74, 6) is 0.841. The zero-order valence-electron chi connectivity index (χ0n) is 16.0. The van der Waals surface area contributed by atoms with Crippen LogP contribution in [0, 0.1) is 10.1 Å². The molecule has 10 heteroatoms. The first kappa shape index (κ1) is 21.5. The zero-order valence-corrected chi connectivity index (χ0v) is 18.4. The van der Waals surface area contributed by atoms with Crippen LogP contribution in [0.15, 0.2) is 71.6 Å². The Balaban J connectivity index is 1.55. The number of nitro benzene ring substituents is 1. The minimum atomic E-state index is -3.88. The Kier molecular flexibility index (Phi) is 6.08. The molecule has 0 saturated carbocycles. The first-order valence-corrected chi connectivity index (χ1v) is 12.2. The van der Waals surface area contributed by atoms with Crippen molar-refractivity contribution in [2.24, 2.45) is 0 Å². The van der Waals surface area contributed by atoms with Crippen LogP contribution < -0.4 is 9.46 Å². The molecule has 1 aliphatic rings. The highest BCUT2D eigenvalue weighted by Crippen LogP contribution is 2.36. The van der Waals surface area contributed by atoms with Crippen molar-refractivity contribution in [2.45, 2.75) is 22.5 Å². The van der Waals surface area contributed by atoms with Gasteiger partial charge in [-0.1, -0.05) is 48.0 Å². The van der Waals surface area contributed by atoms with E-state index in [0.717, 1.165) is 5.56 Å². The van der Waals surface area contributed by atoms with Crippen molar-refractivity contribution in [3.63, 3.8) is 0 Å². The average Bonchev–Trinajstić information content (AvgIpc) is 3.18. The SMILES string of the molecule is O=[N+]([O-])c1ccccc1CSc1ccc(Cl)cc1NS(=O)(=O)C1Cc2ccccc2O1. The Labute approximate surface area is 188 Å². The van der Waals surface area contributed by atoms with Crippen molar-refractivity contribution < 1.29 is 18.1 Å². The van der Waals surface area contributed by atoms with Gasteiger partial charge in [-0.2, -0.15) is 0 Å². The number of anilines is 1. The van der Waals surface area contributed by atoms with Crippen molar-refractivity contribution in [1.82, 2.24) is 0 Å². The molecule has 160 valence electrons. The highest BCUT2D eigenvalue weighted by atomic mass is 35.5. The van der Waals surface area contributed by atoms with Gasteiger partial charge in [-0.15, -0.1) is 11.8 Å². The van der Waals surface area contributed by atoms with Crippen LogP contribution in [-0.2, 0) is 22.2 Å². The van der Waals surface area contributed by atoms with Gasteiger partial charge >= 0.3 is 0 Å². The van der Waals surface area contributed by atoms with Crippen LogP contribution in [0.4, 0.5) is 11.4 Å². The number of para-hydroxylation sites is 2. The fourth-order valence-electron chi connectivity index (χ4n) is 3.22. The van der Waals surface area contributed by atoms with E-state index in [1.807, 2.05) is 12.1 Å². The number of benzene rings is 3. The van der Waals surface area contributed by atoms with Gasteiger partial charge in [0.2, 0.25) is 5.44 Å². The van der Waals surface area contributed by atoms with Crippen molar-refractivity contribution in [2.75, 3.05) is 4.72 Å². The minimum Gasteiger partial charge on any atom is -0.472 e. The van der Waals surface area contributed by atoms with E-state index < -0.39 is 20.4 Å². The molecule has 0 aromatic heterocycles. The number of hydrogen-bond acceptors (Lipinski definition) is 6. The van der Waals surface area contributed by atoms with Gasteiger partial charge in [0.15, 0.2) is 0 Å². The van der Waals surface area contributed by atoms with E-state index in [0.29, 0.717) is 32.7 Å². The topological polar surface area (TPSA) is 98.5 Å². The number of nitrogens with one attached hydrogen (secondary N) is 1. The van der Waals surface area contributed by atoms with Crippen molar-refractivity contribution in [3.8, 4) is 5.75 Å². The predicted octanol–water partition coefficient (Wildman–Crippen LogP) is 5.24. The van der Waals surface area contributed by atoms with E-state index in [-0.39, 0.29) is 12.1 Å². The summed E-state index contributed by atoms with van der Waals surface area (Å²) in [5.41, 5.74) is 0.626. The van der Waals surface area contributed by atoms with E-state index in [4.69, 9.17) is 16.3 Å². The van der Waals surface area contributed by atoms with Gasteiger partial charge < -0.3 is 4.74 Å². The Hall–Kier alpha value is -2.75. The Morgan fingerprint density at radius 3 is 2.65 bits per heavy atom. The lowest BCUT2D eigenvalue weighted by Gasteiger charge is -2.16. The second kappa shape index (κ2) is 8.78. The molecular weight excluding hydrogens is 460 g/mol. The number of halogens is 1. The van der Waals surface area contributed by atoms with Gasteiger partial charge in [0.1, 0.15) is 5.75 Å². The van der Waals surface area contributed by atoms with E-state index in [9.17, 15) is 18.5 Å². The normalized spacial score (nSPS) is 15.2. The number of thioether (sulfide) groups is 1. The fourth-order valence-corrected chi connectivity index (χ4v) is 5.67. The maximum Gasteiger partial charge on any atom is 0.273 e. The summed E-state index contributed by atoms with van der Waals surface area (Å²) in [6, 6.07) is 18.5. The van der Waals surface area contributed by atoms with Crippen molar-refractivity contribution in [1.29, 1.82) is 0 Å². The summed E-state index contributed by atoms with van der Waals surface area (Å²) < 4.78 is 34.2. The molecule has 1 aliphatic heterocycles. The first-order chi connectivity index (χ1) is 14.8. The third-order valence-corrected chi connectivity index (χ3v) is 7.55. The summed E-state index contributed by atoms with van der Waals surface area (Å²) in [7, 11) is -3.88. The molecule has 3 aromatic rings. The van der Waals surface area contributed by atoms with E-state index in [1.165, 1.54) is 23.9 Å². The number of ether oxygens (including phenoxy) is 1. The highest BCUT2D eigenvalue weighted by Gasteiger charge is 2.34. The molecule has 1 N–H and O–H groups in total. The van der Waals surface area contributed by atoms with Crippen LogP contribution in [0.25, 0.3) is 0 Å². The van der Waals surface area contributed by atoms with Gasteiger partial charge in [-0.05, 0) is 29.8 Å². The zero-order chi connectivity index (χ0) is 22.0. The molecule has 1 unspecified atom stereocenters. The molecule has 0 fully saturated rings. The second-order valence-electron chi connectivity index (χ2n) is 6.82. The lowest BCUT2D eigenvalue weighted by molar-refractivity contribution is -0.385. The van der Waals surface area contributed by atoms with Crippen LogP contribution >= 0.6 is 23.4 Å². The summed E-state index contributed by atoms with van der Waals surface area (Å²) in [6.07, 6.45) is 0.241. The van der Waals surface area contributed by atoms with Gasteiger partial charge in [-0.25, -0.2) is 8.42 Å². The molecule has 0 aliphatic carbocycles. The van der Waals surface area contributed by atoms with Crippen LogP contribution in [0.1, 0.15) is 11.1 Å². The molecule has 4 rings (SSSR count). The van der Waals surface area contributed by atoms with E-state index >= 15 is 0 Å². The Morgan fingerprint density at radius 2 is 1.87 bits per heavy atom. The maximum atomic E-state index is 13.0. The molecule has 0 bridgehead atoms. The molecule has 7 nitrogen and oxygen atoms in total. The fraction of sp³-hybridized carbons (Fsp3) is 0.143. The molecule has 0 amide bonds. The van der Waals surface area contributed by atoms with Gasteiger partial charge in [0, 0.05) is 33.7 Å². The smallest absolute Gasteiger partial charge is 0.273 e. The highest BCUT2D eigenvalue weighted by molar-refractivity contribution is 7.99. The molecular formula is C21H17ClN2O5S2. The lowest BCUT2D eigenvalue weighted by atomic mass is 10.2. The third kappa shape index (κ3) is 4.79. The minimum absolute atomic E-state index is 0.0169. The molecule has 0 saturated heterocycles. The number of sulfonamides is 1. The van der Waals surface area contributed by atoms with Crippen LogP contribution in [-0.4, -0.2) is 18.8 Å². The summed E-state index contributed by atoms with van der Waals surface area (Å²) in [4.78, 5) is 11.4. The van der Waals surface area contributed by atoms with E-state index in [2.05, 4.69) is 4.72 Å². The standard InChI is InChI=1S/C21H17ClN2O5S2/c22-16-9-10-20(30-13-15-6-1-3-7-18(15)24(25)26)17(12-16)23-31(27,28)21-11-14-5-2-4-8-19(14)29-21/h1-10,12,21,23H,11,13H2. The van der Waals surface area contributed by atoms with Crippen molar-refractivity contribution >= 4 is 44.8 Å². The first-order valence-electron chi connectivity index (χ1n) is 9.24. The molecule has 0 spiro atoms. The number of fused-ring (bicyclic) bond motifs is 1. The molecule has 1 atom stereocenters. The molecule has 31 heavy (non-hydrogen) atoms. The largest absolute Gasteiger partial charge is 0.472 e. The summed E-state index contributed by atoms with van der Waals surface area (Å²) >= 11 is 7.38. The van der Waals surface area contributed by atoms with Gasteiger partial charge in [0.05, 0.1) is 10.6 Å². The summed E-state index contributed by atoms with van der Waals surface area (Å²) in [6.45, 7) is 0. The monoisotopic (exact) mass is 476 g/mol. The predicted molar refractivity (Wildman–Crippen MR) is 121 cm³/mol.